The van der Waals surface area contributed by atoms with Gasteiger partial charge in [0.1, 0.15) is 6.54 Å². The van der Waals surface area contributed by atoms with Gasteiger partial charge in [-0.1, -0.05) is 37.3 Å². The van der Waals surface area contributed by atoms with Crippen molar-refractivity contribution in [3.8, 4) is 0 Å². The summed E-state index contributed by atoms with van der Waals surface area (Å²) in [5.41, 5.74) is 6.55. The van der Waals surface area contributed by atoms with Gasteiger partial charge < -0.3 is 11.1 Å². The van der Waals surface area contributed by atoms with Crippen LogP contribution in [0.3, 0.4) is 0 Å². The van der Waals surface area contributed by atoms with Gasteiger partial charge in [-0.15, -0.1) is 0 Å². The molecule has 0 saturated heterocycles. The highest BCUT2D eigenvalue weighted by molar-refractivity contribution is 5.79. The second kappa shape index (κ2) is 5.86. The number of benzene rings is 1. The Morgan fingerprint density at radius 3 is 2.39 bits per heavy atom. The normalized spacial score (nSPS) is 14.9. The molecule has 1 amide bonds. The van der Waals surface area contributed by atoms with Gasteiger partial charge in [0.25, 0.3) is 0 Å². The van der Waals surface area contributed by atoms with Crippen LogP contribution >= 0.6 is 0 Å². The van der Waals surface area contributed by atoms with E-state index in [0.717, 1.165) is 0 Å². The molecule has 0 spiro atoms. The van der Waals surface area contributed by atoms with Crippen LogP contribution in [-0.4, -0.2) is 18.6 Å². The van der Waals surface area contributed by atoms with Crippen LogP contribution in [0, 0.1) is 5.92 Å². The van der Waals surface area contributed by atoms with Gasteiger partial charge in [0, 0.05) is 6.04 Å². The van der Waals surface area contributed by atoms with E-state index in [1.807, 2.05) is 5.32 Å². The Morgan fingerprint density at radius 2 is 1.89 bits per heavy atom. The number of amides is 1. The molecule has 2 atom stereocenters. The van der Waals surface area contributed by atoms with E-state index in [0.29, 0.717) is 5.56 Å². The monoisotopic (exact) mass is 260 g/mol. The van der Waals surface area contributed by atoms with Crippen LogP contribution in [0.4, 0.5) is 13.2 Å². The molecule has 0 heterocycles. The molecule has 100 valence electrons. The number of hydrogen-bond donors (Lipinski definition) is 2. The molecule has 0 bridgehead atoms. The van der Waals surface area contributed by atoms with Crippen molar-refractivity contribution in [2.24, 2.45) is 11.7 Å². The molecule has 2 unspecified atom stereocenters. The summed E-state index contributed by atoms with van der Waals surface area (Å²) in [5, 5.41) is 1.83. The second-order valence-corrected chi connectivity index (χ2v) is 4.06. The standard InChI is InChI=1S/C12H15F3N2O/c1-8(11(18)17-7-12(13,14)15)10(16)9-5-3-2-4-6-9/h2-6,8,10H,7,16H2,1H3,(H,17,18). The van der Waals surface area contributed by atoms with Crippen molar-refractivity contribution < 1.29 is 18.0 Å². The van der Waals surface area contributed by atoms with Crippen molar-refractivity contribution >= 4 is 5.91 Å². The Kier molecular flexibility index (Phi) is 4.72. The average Bonchev–Trinajstić information content (AvgIpc) is 2.34. The van der Waals surface area contributed by atoms with Crippen LogP contribution < -0.4 is 11.1 Å². The summed E-state index contributed by atoms with van der Waals surface area (Å²) in [6.07, 6.45) is -4.41. The maximum Gasteiger partial charge on any atom is 0.405 e. The SMILES string of the molecule is CC(C(=O)NCC(F)(F)F)C(N)c1ccccc1. The molecule has 0 aliphatic heterocycles. The van der Waals surface area contributed by atoms with E-state index >= 15 is 0 Å². The van der Waals surface area contributed by atoms with Crippen molar-refractivity contribution in [3.05, 3.63) is 35.9 Å². The predicted octanol–water partition coefficient (Wildman–Crippen LogP) is 2.00. The first-order valence-electron chi connectivity index (χ1n) is 5.46. The van der Waals surface area contributed by atoms with Crippen molar-refractivity contribution in [3.63, 3.8) is 0 Å². The number of nitrogens with one attached hydrogen (secondary N) is 1. The zero-order valence-corrected chi connectivity index (χ0v) is 9.87. The van der Waals surface area contributed by atoms with E-state index in [1.165, 1.54) is 6.92 Å². The fourth-order valence-corrected chi connectivity index (χ4v) is 1.48. The summed E-state index contributed by atoms with van der Waals surface area (Å²) >= 11 is 0. The molecule has 0 aliphatic carbocycles. The van der Waals surface area contributed by atoms with E-state index in [4.69, 9.17) is 5.73 Å². The minimum atomic E-state index is -4.41. The van der Waals surface area contributed by atoms with Crippen molar-refractivity contribution in [2.75, 3.05) is 6.54 Å². The molecule has 18 heavy (non-hydrogen) atoms. The fourth-order valence-electron chi connectivity index (χ4n) is 1.48. The lowest BCUT2D eigenvalue weighted by Gasteiger charge is -2.20. The van der Waals surface area contributed by atoms with Crippen molar-refractivity contribution in [1.29, 1.82) is 0 Å². The third-order valence-electron chi connectivity index (χ3n) is 2.60. The van der Waals surface area contributed by atoms with Crippen LogP contribution in [0.5, 0.6) is 0 Å². The Morgan fingerprint density at radius 1 is 1.33 bits per heavy atom. The number of halogens is 3. The van der Waals surface area contributed by atoms with E-state index in [-0.39, 0.29) is 0 Å². The summed E-state index contributed by atoms with van der Waals surface area (Å²) in [7, 11) is 0. The first kappa shape index (κ1) is 14.5. The predicted molar refractivity (Wildman–Crippen MR) is 61.6 cm³/mol. The molecular weight excluding hydrogens is 245 g/mol. The Hall–Kier alpha value is -1.56. The van der Waals surface area contributed by atoms with Crippen LogP contribution in [0.25, 0.3) is 0 Å². The van der Waals surface area contributed by atoms with Gasteiger partial charge in [-0.3, -0.25) is 4.79 Å². The average molecular weight is 260 g/mol. The first-order valence-corrected chi connectivity index (χ1v) is 5.46. The molecule has 3 N–H and O–H groups in total. The summed E-state index contributed by atoms with van der Waals surface area (Å²) in [6.45, 7) is 0.168. The lowest BCUT2D eigenvalue weighted by atomic mass is 9.95. The van der Waals surface area contributed by atoms with Crippen LogP contribution in [0.15, 0.2) is 30.3 Å². The van der Waals surface area contributed by atoms with Gasteiger partial charge >= 0.3 is 6.18 Å². The fraction of sp³-hybridized carbons (Fsp3) is 0.417. The second-order valence-electron chi connectivity index (χ2n) is 4.06. The lowest BCUT2D eigenvalue weighted by Crippen LogP contribution is -2.40. The lowest BCUT2D eigenvalue weighted by molar-refractivity contribution is -0.140. The minimum Gasteiger partial charge on any atom is -0.347 e. The van der Waals surface area contributed by atoms with Gasteiger partial charge in [-0.2, -0.15) is 13.2 Å². The number of carbonyl (C=O) groups excluding carboxylic acids is 1. The summed E-state index contributed by atoms with van der Waals surface area (Å²) in [6, 6.07) is 8.16. The number of carbonyl (C=O) groups is 1. The van der Waals surface area contributed by atoms with Crippen molar-refractivity contribution in [1.82, 2.24) is 5.32 Å². The van der Waals surface area contributed by atoms with E-state index < -0.39 is 30.6 Å². The highest BCUT2D eigenvalue weighted by Crippen LogP contribution is 2.19. The third-order valence-corrected chi connectivity index (χ3v) is 2.60. The molecule has 1 rings (SSSR count). The molecule has 0 aromatic heterocycles. The van der Waals surface area contributed by atoms with Gasteiger partial charge in [0.2, 0.25) is 5.91 Å². The maximum atomic E-state index is 12.0. The van der Waals surface area contributed by atoms with Gasteiger partial charge in [0.05, 0.1) is 5.92 Å². The van der Waals surface area contributed by atoms with Gasteiger partial charge in [0.15, 0.2) is 0 Å². The minimum absolute atomic E-state index is 0.626. The van der Waals surface area contributed by atoms with Crippen LogP contribution in [0.1, 0.15) is 18.5 Å². The molecule has 0 saturated carbocycles. The molecule has 3 nitrogen and oxygen atoms in total. The van der Waals surface area contributed by atoms with E-state index in [2.05, 4.69) is 0 Å². The van der Waals surface area contributed by atoms with Gasteiger partial charge in [-0.05, 0) is 5.56 Å². The molecule has 6 heteroatoms. The first-order chi connectivity index (χ1) is 8.31. The smallest absolute Gasteiger partial charge is 0.347 e. The van der Waals surface area contributed by atoms with E-state index in [1.54, 1.807) is 30.3 Å². The third kappa shape index (κ3) is 4.37. The van der Waals surface area contributed by atoms with Crippen molar-refractivity contribution in [2.45, 2.75) is 19.1 Å². The Bertz CT molecular complexity index is 392. The van der Waals surface area contributed by atoms with Crippen LogP contribution in [0.2, 0.25) is 0 Å². The molecular formula is C12H15F3N2O. The highest BCUT2D eigenvalue weighted by Gasteiger charge is 2.30. The molecule has 0 fully saturated rings. The molecule has 1 aromatic rings. The largest absolute Gasteiger partial charge is 0.405 e. The zero-order valence-electron chi connectivity index (χ0n) is 9.87. The van der Waals surface area contributed by atoms with Crippen LogP contribution in [-0.2, 0) is 4.79 Å². The van der Waals surface area contributed by atoms with E-state index in [9.17, 15) is 18.0 Å². The number of hydrogen-bond acceptors (Lipinski definition) is 2. The molecule has 0 aliphatic rings. The number of alkyl halides is 3. The summed E-state index contributed by atoms with van der Waals surface area (Å²) in [5.74, 6) is -1.43. The zero-order chi connectivity index (χ0) is 13.8. The maximum absolute atomic E-state index is 12.0. The number of nitrogens with two attached hydrogens (primary N) is 1. The summed E-state index contributed by atoms with van der Waals surface area (Å²) < 4.78 is 35.9. The van der Waals surface area contributed by atoms with Gasteiger partial charge in [-0.25, -0.2) is 0 Å². The number of rotatable bonds is 4. The highest BCUT2D eigenvalue weighted by atomic mass is 19.4. The molecule has 1 aromatic carbocycles. The Labute approximate surface area is 103 Å². The Balaban J connectivity index is 2.59. The quantitative estimate of drug-likeness (QED) is 0.870. The topological polar surface area (TPSA) is 55.1 Å². The summed E-state index contributed by atoms with van der Waals surface area (Å²) in [4.78, 5) is 11.5. The molecule has 0 radical (unpaired) electrons.